The van der Waals surface area contributed by atoms with E-state index in [1.807, 2.05) is 23.6 Å². The summed E-state index contributed by atoms with van der Waals surface area (Å²) in [5.41, 5.74) is 1.73. The van der Waals surface area contributed by atoms with Crippen molar-refractivity contribution in [2.45, 2.75) is 25.8 Å². The summed E-state index contributed by atoms with van der Waals surface area (Å²) in [5, 5.41) is 6.69. The molecule has 1 amide bonds. The summed E-state index contributed by atoms with van der Waals surface area (Å²) < 4.78 is 0. The number of nitrogens with one attached hydrogen (secondary N) is 1. The summed E-state index contributed by atoms with van der Waals surface area (Å²) >= 11 is 7.70. The minimum absolute atomic E-state index is 0.0553. The lowest BCUT2D eigenvalue weighted by Crippen LogP contribution is -2.45. The Balaban J connectivity index is 1.20. The summed E-state index contributed by atoms with van der Waals surface area (Å²) in [5.74, 6) is -0.0553. The molecule has 0 unspecified atom stereocenters. The molecule has 0 spiro atoms. The van der Waals surface area contributed by atoms with Crippen molar-refractivity contribution < 1.29 is 4.79 Å². The van der Waals surface area contributed by atoms with Gasteiger partial charge in [0.1, 0.15) is 10.7 Å². The van der Waals surface area contributed by atoms with Gasteiger partial charge in [0.2, 0.25) is 0 Å². The predicted octanol–water partition coefficient (Wildman–Crippen LogP) is 3.33. The number of carbonyl (C=O) groups excluding carboxylic acids is 1. The van der Waals surface area contributed by atoms with E-state index in [4.69, 9.17) is 11.6 Å². The molecule has 30 heavy (non-hydrogen) atoms. The second-order valence-electron chi connectivity index (χ2n) is 8.03. The monoisotopic (exact) mass is 447 g/mol. The number of halogens is 1. The summed E-state index contributed by atoms with van der Waals surface area (Å²) in [6.07, 6.45) is 3.88. The molecule has 2 aliphatic heterocycles. The van der Waals surface area contributed by atoms with E-state index in [2.05, 4.69) is 31.1 Å². The Morgan fingerprint density at radius 3 is 2.63 bits per heavy atom. The van der Waals surface area contributed by atoms with E-state index in [0.29, 0.717) is 12.2 Å². The van der Waals surface area contributed by atoms with Crippen LogP contribution in [0, 0.1) is 0 Å². The van der Waals surface area contributed by atoms with Gasteiger partial charge < -0.3 is 15.1 Å². The number of amides is 1. The molecule has 2 fully saturated rings. The van der Waals surface area contributed by atoms with Crippen LogP contribution >= 0.6 is 22.9 Å². The number of aromatic nitrogens is 1. The Kier molecular flexibility index (Phi) is 7.60. The molecule has 3 heterocycles. The Morgan fingerprint density at radius 1 is 1.07 bits per heavy atom. The van der Waals surface area contributed by atoms with E-state index < -0.39 is 0 Å². The number of anilines is 1. The van der Waals surface area contributed by atoms with Gasteiger partial charge in [0.15, 0.2) is 0 Å². The lowest BCUT2D eigenvalue weighted by atomic mass is 10.1. The number of thiazole rings is 1. The fourth-order valence-corrected chi connectivity index (χ4v) is 5.12. The van der Waals surface area contributed by atoms with Crippen LogP contribution in [0.1, 0.15) is 34.8 Å². The minimum Gasteiger partial charge on any atom is -0.369 e. The quantitative estimate of drug-likeness (QED) is 0.705. The van der Waals surface area contributed by atoms with Gasteiger partial charge in [-0.1, -0.05) is 24.1 Å². The number of piperazine rings is 1. The maximum atomic E-state index is 12.4. The number of carbonyl (C=O) groups is 1. The number of rotatable bonds is 7. The first-order valence-electron chi connectivity index (χ1n) is 10.9. The molecule has 8 heteroatoms. The highest BCUT2D eigenvalue weighted by Crippen LogP contribution is 2.21. The second kappa shape index (κ2) is 10.6. The maximum Gasteiger partial charge on any atom is 0.270 e. The molecular formula is C22H30ClN5OS. The van der Waals surface area contributed by atoms with Crippen LogP contribution in [0.25, 0.3) is 0 Å². The van der Waals surface area contributed by atoms with Crippen molar-refractivity contribution in [3.63, 3.8) is 0 Å². The van der Waals surface area contributed by atoms with Crippen LogP contribution in [-0.4, -0.2) is 73.0 Å². The summed E-state index contributed by atoms with van der Waals surface area (Å²) in [6.45, 7) is 8.62. The number of piperidine rings is 1. The molecule has 6 nitrogen and oxygen atoms in total. The Bertz CT molecular complexity index is 830. The van der Waals surface area contributed by atoms with Crippen LogP contribution < -0.4 is 10.2 Å². The number of benzene rings is 1. The standard InChI is InChI=1S/C22H30ClN5OS/c23-18-5-4-6-19(15-18)28-13-11-27(12-14-28)16-21-25-20(17-30-21)22(29)24-7-10-26-8-2-1-3-9-26/h4-6,15,17H,1-3,7-14,16H2,(H,24,29). The molecule has 1 N–H and O–H groups in total. The third-order valence-corrected chi connectivity index (χ3v) is 6.92. The van der Waals surface area contributed by atoms with Crippen molar-refractivity contribution in [3.05, 3.63) is 45.4 Å². The van der Waals surface area contributed by atoms with Crippen molar-refractivity contribution >= 4 is 34.5 Å². The molecule has 2 aliphatic rings. The van der Waals surface area contributed by atoms with Gasteiger partial charge in [-0.3, -0.25) is 9.69 Å². The smallest absolute Gasteiger partial charge is 0.270 e. The van der Waals surface area contributed by atoms with Crippen molar-refractivity contribution in [1.29, 1.82) is 0 Å². The topological polar surface area (TPSA) is 51.7 Å². The summed E-state index contributed by atoms with van der Waals surface area (Å²) in [6, 6.07) is 8.04. The second-order valence-corrected chi connectivity index (χ2v) is 9.41. The first kappa shape index (κ1) is 21.6. The highest BCUT2D eigenvalue weighted by molar-refractivity contribution is 7.09. The third kappa shape index (κ3) is 5.94. The first-order valence-corrected chi connectivity index (χ1v) is 12.1. The predicted molar refractivity (Wildman–Crippen MR) is 124 cm³/mol. The molecule has 2 aromatic rings. The Morgan fingerprint density at radius 2 is 1.87 bits per heavy atom. The normalized spacial score (nSPS) is 18.5. The molecule has 0 saturated carbocycles. The molecule has 0 aliphatic carbocycles. The van der Waals surface area contributed by atoms with Gasteiger partial charge in [0.05, 0.1) is 6.54 Å². The van der Waals surface area contributed by atoms with E-state index in [9.17, 15) is 4.79 Å². The van der Waals surface area contributed by atoms with Crippen LogP contribution in [-0.2, 0) is 6.54 Å². The zero-order valence-electron chi connectivity index (χ0n) is 17.4. The zero-order chi connectivity index (χ0) is 20.8. The number of nitrogens with zero attached hydrogens (tertiary/aromatic N) is 4. The van der Waals surface area contributed by atoms with E-state index in [1.54, 1.807) is 11.3 Å². The molecule has 0 bridgehead atoms. The van der Waals surface area contributed by atoms with Crippen LogP contribution in [0.2, 0.25) is 5.02 Å². The van der Waals surface area contributed by atoms with Crippen LogP contribution in [0.5, 0.6) is 0 Å². The fraction of sp³-hybridized carbons (Fsp3) is 0.545. The summed E-state index contributed by atoms with van der Waals surface area (Å²) in [4.78, 5) is 24.2. The Hall–Kier alpha value is -1.67. The van der Waals surface area contributed by atoms with E-state index in [1.165, 1.54) is 24.9 Å². The molecule has 0 radical (unpaired) electrons. The van der Waals surface area contributed by atoms with Crippen molar-refractivity contribution in [1.82, 2.24) is 20.1 Å². The number of hydrogen-bond acceptors (Lipinski definition) is 6. The van der Waals surface area contributed by atoms with Gasteiger partial charge in [-0.15, -0.1) is 11.3 Å². The first-order chi connectivity index (χ1) is 14.7. The minimum atomic E-state index is -0.0553. The maximum absolute atomic E-state index is 12.4. The highest BCUT2D eigenvalue weighted by atomic mass is 35.5. The average molecular weight is 448 g/mol. The van der Waals surface area contributed by atoms with E-state index in [-0.39, 0.29) is 5.91 Å². The van der Waals surface area contributed by atoms with E-state index in [0.717, 1.165) is 62.4 Å². The van der Waals surface area contributed by atoms with Gasteiger partial charge in [-0.05, 0) is 44.1 Å². The Labute approximate surface area is 187 Å². The fourth-order valence-electron chi connectivity index (χ4n) is 4.12. The molecule has 2 saturated heterocycles. The number of likely N-dealkylation sites (tertiary alicyclic amines) is 1. The highest BCUT2D eigenvalue weighted by Gasteiger charge is 2.19. The van der Waals surface area contributed by atoms with Gasteiger partial charge in [-0.2, -0.15) is 0 Å². The van der Waals surface area contributed by atoms with Crippen molar-refractivity contribution in [2.75, 3.05) is 57.3 Å². The van der Waals surface area contributed by atoms with Gasteiger partial charge in [-0.25, -0.2) is 4.98 Å². The zero-order valence-corrected chi connectivity index (χ0v) is 18.9. The summed E-state index contributed by atoms with van der Waals surface area (Å²) in [7, 11) is 0. The lowest BCUT2D eigenvalue weighted by Gasteiger charge is -2.35. The average Bonchev–Trinajstić information content (AvgIpc) is 3.24. The van der Waals surface area contributed by atoms with Crippen LogP contribution in [0.4, 0.5) is 5.69 Å². The van der Waals surface area contributed by atoms with Crippen molar-refractivity contribution in [3.8, 4) is 0 Å². The third-order valence-electron chi connectivity index (χ3n) is 5.85. The van der Waals surface area contributed by atoms with Gasteiger partial charge in [0.25, 0.3) is 5.91 Å². The largest absolute Gasteiger partial charge is 0.369 e. The van der Waals surface area contributed by atoms with Crippen LogP contribution in [0.3, 0.4) is 0 Å². The van der Waals surface area contributed by atoms with Crippen molar-refractivity contribution in [2.24, 2.45) is 0 Å². The molecule has 4 rings (SSSR count). The molecular weight excluding hydrogens is 418 g/mol. The van der Waals surface area contributed by atoms with Gasteiger partial charge >= 0.3 is 0 Å². The molecule has 0 atom stereocenters. The van der Waals surface area contributed by atoms with Gasteiger partial charge in [0, 0.05) is 55.4 Å². The number of hydrogen-bond donors (Lipinski definition) is 1. The lowest BCUT2D eigenvalue weighted by molar-refractivity contribution is 0.0942. The molecule has 1 aromatic heterocycles. The van der Waals surface area contributed by atoms with E-state index >= 15 is 0 Å². The molecule has 162 valence electrons. The SMILES string of the molecule is O=C(NCCN1CCCCC1)c1csc(CN2CCN(c3cccc(Cl)c3)CC2)n1. The molecule has 1 aromatic carbocycles. The van der Waals surface area contributed by atoms with Crippen LogP contribution in [0.15, 0.2) is 29.6 Å².